The van der Waals surface area contributed by atoms with E-state index in [-0.39, 0.29) is 11.4 Å². The van der Waals surface area contributed by atoms with Gasteiger partial charge < -0.3 is 9.84 Å². The Balaban J connectivity index is 3.16. The average molecular weight is 251 g/mol. The zero-order chi connectivity index (χ0) is 13.7. The van der Waals surface area contributed by atoms with Crippen LogP contribution >= 0.6 is 0 Å². The van der Waals surface area contributed by atoms with Crippen LogP contribution in [0.5, 0.6) is 5.75 Å². The number of carbonyl (C=O) groups is 2. The summed E-state index contributed by atoms with van der Waals surface area (Å²) >= 11 is 0. The van der Waals surface area contributed by atoms with Gasteiger partial charge in [-0.15, -0.1) is 0 Å². The number of hydrogen-bond acceptors (Lipinski definition) is 5. The minimum Gasteiger partial charge on any atom is -0.478 e. The molecule has 0 saturated heterocycles. The quantitative estimate of drug-likeness (QED) is 0.286. The normalized spacial score (nSPS) is 10.3. The monoisotopic (exact) mass is 251 g/mol. The second-order valence-corrected chi connectivity index (χ2v) is 3.25. The van der Waals surface area contributed by atoms with Crippen LogP contribution in [0.25, 0.3) is 6.08 Å². The molecular formula is C11H9NO6. The summed E-state index contributed by atoms with van der Waals surface area (Å²) in [7, 11) is 0. The summed E-state index contributed by atoms with van der Waals surface area (Å²) < 4.78 is 4.69. The molecule has 1 aromatic rings. The van der Waals surface area contributed by atoms with Crippen molar-refractivity contribution in [1.29, 1.82) is 0 Å². The third-order valence-electron chi connectivity index (χ3n) is 1.85. The predicted octanol–water partition coefficient (Wildman–Crippen LogP) is 1.62. The third-order valence-corrected chi connectivity index (χ3v) is 1.85. The molecule has 0 aliphatic carbocycles. The third kappa shape index (κ3) is 3.71. The molecule has 0 spiro atoms. The van der Waals surface area contributed by atoms with Crippen molar-refractivity contribution in [3.05, 3.63) is 40.0 Å². The van der Waals surface area contributed by atoms with E-state index in [9.17, 15) is 19.7 Å². The molecule has 0 aromatic heterocycles. The summed E-state index contributed by atoms with van der Waals surface area (Å²) in [5.74, 6) is -2.07. The van der Waals surface area contributed by atoms with Crippen LogP contribution < -0.4 is 4.74 Å². The van der Waals surface area contributed by atoms with Gasteiger partial charge in [0.2, 0.25) is 5.75 Å². The van der Waals surface area contributed by atoms with Crippen molar-refractivity contribution in [3.8, 4) is 5.75 Å². The van der Waals surface area contributed by atoms with Crippen LogP contribution in [0.3, 0.4) is 0 Å². The van der Waals surface area contributed by atoms with Crippen LogP contribution in [0.4, 0.5) is 5.69 Å². The van der Waals surface area contributed by atoms with Crippen LogP contribution in [0.15, 0.2) is 24.3 Å². The van der Waals surface area contributed by atoms with E-state index in [1.54, 1.807) is 0 Å². The topological polar surface area (TPSA) is 107 Å². The van der Waals surface area contributed by atoms with Crippen molar-refractivity contribution in [2.45, 2.75) is 6.92 Å². The number of carbonyl (C=O) groups excluding carboxylic acids is 1. The van der Waals surface area contributed by atoms with Gasteiger partial charge in [-0.05, 0) is 23.8 Å². The Morgan fingerprint density at radius 1 is 1.44 bits per heavy atom. The zero-order valence-corrected chi connectivity index (χ0v) is 9.32. The SMILES string of the molecule is CC(=O)Oc1cc(/C=C/C(=O)O)ccc1[N+](=O)[O-]. The molecule has 0 heterocycles. The van der Waals surface area contributed by atoms with E-state index >= 15 is 0 Å². The lowest BCUT2D eigenvalue weighted by atomic mass is 10.2. The number of ether oxygens (including phenoxy) is 1. The van der Waals surface area contributed by atoms with E-state index in [1.807, 2.05) is 0 Å². The molecule has 94 valence electrons. The highest BCUT2D eigenvalue weighted by atomic mass is 16.6. The maximum atomic E-state index is 10.8. The van der Waals surface area contributed by atoms with Crippen LogP contribution in [0, 0.1) is 10.1 Å². The maximum Gasteiger partial charge on any atom is 0.328 e. The largest absolute Gasteiger partial charge is 0.478 e. The summed E-state index contributed by atoms with van der Waals surface area (Å²) in [5, 5.41) is 19.1. The van der Waals surface area contributed by atoms with Crippen molar-refractivity contribution in [3.63, 3.8) is 0 Å². The summed E-state index contributed by atoms with van der Waals surface area (Å²) in [4.78, 5) is 31.1. The molecule has 7 nitrogen and oxygen atoms in total. The van der Waals surface area contributed by atoms with Gasteiger partial charge in [-0.3, -0.25) is 14.9 Å². The van der Waals surface area contributed by atoms with Gasteiger partial charge in [-0.25, -0.2) is 4.79 Å². The van der Waals surface area contributed by atoms with Gasteiger partial charge in [0.05, 0.1) is 4.92 Å². The van der Waals surface area contributed by atoms with Crippen LogP contribution in [-0.4, -0.2) is 22.0 Å². The van der Waals surface area contributed by atoms with Crippen molar-refractivity contribution in [1.82, 2.24) is 0 Å². The minimum atomic E-state index is -1.15. The van der Waals surface area contributed by atoms with Gasteiger partial charge in [0.1, 0.15) is 0 Å². The summed E-state index contributed by atoms with van der Waals surface area (Å²) in [6.07, 6.45) is 2.11. The number of rotatable bonds is 4. The number of hydrogen-bond donors (Lipinski definition) is 1. The number of carboxylic acid groups (broad SMARTS) is 1. The van der Waals surface area contributed by atoms with Gasteiger partial charge in [-0.2, -0.15) is 0 Å². The number of nitro benzene ring substituents is 1. The highest BCUT2D eigenvalue weighted by molar-refractivity contribution is 5.85. The van der Waals surface area contributed by atoms with Crippen molar-refractivity contribution < 1.29 is 24.4 Å². The zero-order valence-electron chi connectivity index (χ0n) is 9.32. The molecule has 0 amide bonds. The molecule has 18 heavy (non-hydrogen) atoms. The fraction of sp³-hybridized carbons (Fsp3) is 0.0909. The molecule has 0 fully saturated rings. The Morgan fingerprint density at radius 2 is 2.11 bits per heavy atom. The standard InChI is InChI=1S/C11H9NO6/c1-7(13)18-10-6-8(3-5-11(14)15)2-4-9(10)12(16)17/h2-6H,1H3,(H,14,15)/b5-3+. The fourth-order valence-corrected chi connectivity index (χ4v) is 1.19. The van der Waals surface area contributed by atoms with E-state index in [0.717, 1.165) is 19.1 Å². The Morgan fingerprint density at radius 3 is 2.61 bits per heavy atom. The van der Waals surface area contributed by atoms with Crippen molar-refractivity contribution in [2.24, 2.45) is 0 Å². The number of nitrogens with zero attached hydrogens (tertiary/aromatic N) is 1. The fourth-order valence-electron chi connectivity index (χ4n) is 1.19. The van der Waals surface area contributed by atoms with Gasteiger partial charge in [0.25, 0.3) is 0 Å². The number of aliphatic carboxylic acids is 1. The van der Waals surface area contributed by atoms with Crippen LogP contribution in [0.2, 0.25) is 0 Å². The summed E-state index contributed by atoms with van der Waals surface area (Å²) in [5.41, 5.74) is 0.0110. The molecule has 0 atom stereocenters. The van der Waals surface area contributed by atoms with Gasteiger partial charge in [-0.1, -0.05) is 0 Å². The number of nitro groups is 1. The number of esters is 1. The van der Waals surface area contributed by atoms with Crippen molar-refractivity contribution >= 4 is 23.7 Å². The number of benzene rings is 1. The minimum absolute atomic E-state index is 0.222. The molecule has 1 rings (SSSR count). The lowest BCUT2D eigenvalue weighted by molar-refractivity contribution is -0.385. The first-order valence-electron chi connectivity index (χ1n) is 4.78. The Kier molecular flexibility index (Phi) is 4.14. The van der Waals surface area contributed by atoms with E-state index in [4.69, 9.17) is 9.84 Å². The van der Waals surface area contributed by atoms with Gasteiger partial charge in [0.15, 0.2) is 0 Å². The molecule has 1 N–H and O–H groups in total. The average Bonchev–Trinajstić information content (AvgIpc) is 2.25. The second-order valence-electron chi connectivity index (χ2n) is 3.25. The van der Waals surface area contributed by atoms with E-state index in [0.29, 0.717) is 5.56 Å². The van der Waals surface area contributed by atoms with E-state index < -0.39 is 16.9 Å². The molecule has 0 unspecified atom stereocenters. The highest BCUT2D eigenvalue weighted by Gasteiger charge is 2.16. The first kappa shape index (κ1) is 13.4. The van der Waals surface area contributed by atoms with Gasteiger partial charge >= 0.3 is 17.6 Å². The number of carboxylic acids is 1. The Hall–Kier alpha value is -2.70. The first-order valence-corrected chi connectivity index (χ1v) is 4.78. The summed E-state index contributed by atoms with van der Waals surface area (Å²) in [6.45, 7) is 1.11. The molecule has 1 aromatic carbocycles. The molecule has 0 aliphatic rings. The molecule has 7 heteroatoms. The molecule has 0 bridgehead atoms. The highest BCUT2D eigenvalue weighted by Crippen LogP contribution is 2.28. The van der Waals surface area contributed by atoms with E-state index in [1.165, 1.54) is 18.2 Å². The second kappa shape index (κ2) is 5.58. The van der Waals surface area contributed by atoms with Crippen molar-refractivity contribution in [2.75, 3.05) is 0 Å². The Bertz CT molecular complexity index is 534. The molecular weight excluding hydrogens is 242 g/mol. The predicted molar refractivity (Wildman–Crippen MR) is 61.1 cm³/mol. The molecule has 0 saturated carbocycles. The lowest BCUT2D eigenvalue weighted by Gasteiger charge is -2.03. The molecule has 0 radical (unpaired) electrons. The van der Waals surface area contributed by atoms with E-state index in [2.05, 4.69) is 0 Å². The first-order chi connectivity index (χ1) is 8.40. The summed E-state index contributed by atoms with van der Waals surface area (Å²) in [6, 6.07) is 3.71. The van der Waals surface area contributed by atoms with Crippen LogP contribution in [-0.2, 0) is 9.59 Å². The van der Waals surface area contributed by atoms with Crippen LogP contribution in [0.1, 0.15) is 12.5 Å². The lowest BCUT2D eigenvalue weighted by Crippen LogP contribution is -2.04. The smallest absolute Gasteiger partial charge is 0.328 e. The molecule has 0 aliphatic heterocycles. The maximum absolute atomic E-state index is 10.8. The Labute approximate surface area is 101 Å². The van der Waals surface area contributed by atoms with Gasteiger partial charge in [0, 0.05) is 19.1 Å².